The van der Waals surface area contributed by atoms with E-state index in [0.29, 0.717) is 12.5 Å². The molecular weight excluding hydrogens is 262 g/mol. The summed E-state index contributed by atoms with van der Waals surface area (Å²) in [5.41, 5.74) is 2.54. The molecule has 0 unspecified atom stereocenters. The van der Waals surface area contributed by atoms with Gasteiger partial charge in [-0.15, -0.1) is 0 Å². The number of aryl methyl sites for hydroxylation is 1. The second kappa shape index (κ2) is 7.84. The Morgan fingerprint density at radius 2 is 1.90 bits per heavy atom. The fourth-order valence-corrected chi connectivity index (χ4v) is 2.07. The molecule has 0 aliphatic heterocycles. The highest BCUT2D eigenvalue weighted by Gasteiger charge is 1.99. The quantitative estimate of drug-likeness (QED) is 0.759. The van der Waals surface area contributed by atoms with Gasteiger partial charge in [0.15, 0.2) is 5.75 Å². The maximum atomic E-state index is 5.68. The molecule has 0 spiro atoms. The van der Waals surface area contributed by atoms with E-state index in [1.165, 1.54) is 11.1 Å². The van der Waals surface area contributed by atoms with Crippen LogP contribution in [-0.4, -0.2) is 22.9 Å². The molecule has 4 nitrogen and oxygen atoms in total. The third-order valence-electron chi connectivity index (χ3n) is 3.25. The molecule has 0 saturated carbocycles. The van der Waals surface area contributed by atoms with Gasteiger partial charge in [-0.25, -0.2) is 0 Å². The highest BCUT2D eigenvalue weighted by atomic mass is 16.5. The monoisotopic (exact) mass is 287 g/mol. The van der Waals surface area contributed by atoms with Crippen LogP contribution in [0.1, 0.15) is 25.0 Å². The van der Waals surface area contributed by atoms with Crippen LogP contribution in [0, 0.1) is 5.92 Å². The van der Waals surface area contributed by atoms with Gasteiger partial charge in [0.1, 0.15) is 6.61 Å². The predicted octanol–water partition coefficient (Wildman–Crippen LogP) is 2.79. The van der Waals surface area contributed by atoms with Crippen LogP contribution >= 0.6 is 0 Å². The Hall–Kier alpha value is -1.81. The van der Waals surface area contributed by atoms with Crippen molar-refractivity contribution in [3.8, 4) is 5.75 Å². The molecule has 1 aromatic carbocycles. The van der Waals surface area contributed by atoms with Gasteiger partial charge in [-0.1, -0.05) is 38.1 Å². The molecule has 114 valence electrons. The van der Waals surface area contributed by atoms with Gasteiger partial charge in [0.2, 0.25) is 0 Å². The SMILES string of the molecule is CC(C)CNCCc1ccc(COc2cnn(C)c2)cc1. The number of nitrogens with one attached hydrogen (secondary N) is 1. The molecule has 4 heteroatoms. The Morgan fingerprint density at radius 1 is 1.19 bits per heavy atom. The van der Waals surface area contributed by atoms with E-state index < -0.39 is 0 Å². The summed E-state index contributed by atoms with van der Waals surface area (Å²) >= 11 is 0. The summed E-state index contributed by atoms with van der Waals surface area (Å²) < 4.78 is 7.42. The summed E-state index contributed by atoms with van der Waals surface area (Å²) in [4.78, 5) is 0. The van der Waals surface area contributed by atoms with Crippen LogP contribution in [-0.2, 0) is 20.1 Å². The van der Waals surface area contributed by atoms with Gasteiger partial charge < -0.3 is 10.1 Å². The first-order valence-corrected chi connectivity index (χ1v) is 7.53. The molecule has 0 bridgehead atoms. The molecule has 1 heterocycles. The molecule has 0 aliphatic rings. The van der Waals surface area contributed by atoms with Crippen LogP contribution in [0.4, 0.5) is 0 Å². The number of benzene rings is 1. The summed E-state index contributed by atoms with van der Waals surface area (Å²) in [7, 11) is 1.88. The number of ether oxygens (including phenoxy) is 1. The minimum atomic E-state index is 0.581. The molecule has 0 fully saturated rings. The molecule has 2 rings (SSSR count). The van der Waals surface area contributed by atoms with Gasteiger partial charge in [0.25, 0.3) is 0 Å². The van der Waals surface area contributed by atoms with E-state index in [1.807, 2.05) is 13.2 Å². The van der Waals surface area contributed by atoms with Gasteiger partial charge in [0, 0.05) is 7.05 Å². The Balaban J connectivity index is 1.73. The smallest absolute Gasteiger partial charge is 0.157 e. The van der Waals surface area contributed by atoms with Crippen LogP contribution < -0.4 is 10.1 Å². The van der Waals surface area contributed by atoms with E-state index in [1.54, 1.807) is 10.9 Å². The van der Waals surface area contributed by atoms with Crippen LogP contribution in [0.25, 0.3) is 0 Å². The van der Waals surface area contributed by atoms with E-state index in [9.17, 15) is 0 Å². The van der Waals surface area contributed by atoms with Crippen LogP contribution in [0.15, 0.2) is 36.7 Å². The first-order valence-electron chi connectivity index (χ1n) is 7.53. The zero-order valence-electron chi connectivity index (χ0n) is 13.2. The van der Waals surface area contributed by atoms with Gasteiger partial charge >= 0.3 is 0 Å². The Labute approximate surface area is 127 Å². The summed E-state index contributed by atoms with van der Waals surface area (Å²) in [5, 5.41) is 7.54. The van der Waals surface area contributed by atoms with Crippen molar-refractivity contribution in [3.63, 3.8) is 0 Å². The van der Waals surface area contributed by atoms with Gasteiger partial charge in [-0.2, -0.15) is 5.10 Å². The zero-order valence-corrected chi connectivity index (χ0v) is 13.2. The lowest BCUT2D eigenvalue weighted by molar-refractivity contribution is 0.306. The van der Waals surface area contributed by atoms with E-state index in [4.69, 9.17) is 4.74 Å². The highest BCUT2D eigenvalue weighted by Crippen LogP contribution is 2.11. The largest absolute Gasteiger partial charge is 0.486 e. The lowest BCUT2D eigenvalue weighted by Gasteiger charge is -2.08. The van der Waals surface area contributed by atoms with Crippen molar-refractivity contribution in [2.24, 2.45) is 13.0 Å². The molecule has 0 amide bonds. The van der Waals surface area contributed by atoms with Gasteiger partial charge in [0.05, 0.1) is 12.4 Å². The maximum absolute atomic E-state index is 5.68. The molecule has 2 aromatic rings. The number of rotatable bonds is 8. The Bertz CT molecular complexity index is 531. The van der Waals surface area contributed by atoms with Crippen LogP contribution in [0.5, 0.6) is 5.75 Å². The molecule has 0 radical (unpaired) electrons. The number of hydrogen-bond acceptors (Lipinski definition) is 3. The van der Waals surface area contributed by atoms with Gasteiger partial charge in [-0.3, -0.25) is 4.68 Å². The molecule has 0 aliphatic carbocycles. The number of aromatic nitrogens is 2. The predicted molar refractivity (Wildman–Crippen MR) is 85.4 cm³/mol. The van der Waals surface area contributed by atoms with Crippen molar-refractivity contribution in [2.45, 2.75) is 26.9 Å². The zero-order chi connectivity index (χ0) is 15.1. The normalized spacial score (nSPS) is 11.0. The van der Waals surface area contributed by atoms with E-state index in [0.717, 1.165) is 25.3 Å². The van der Waals surface area contributed by atoms with Crippen molar-refractivity contribution < 1.29 is 4.74 Å². The fraction of sp³-hybridized carbons (Fsp3) is 0.471. The van der Waals surface area contributed by atoms with E-state index >= 15 is 0 Å². The second-order valence-corrected chi connectivity index (χ2v) is 5.80. The molecular formula is C17H25N3O. The van der Waals surface area contributed by atoms with Crippen molar-refractivity contribution >= 4 is 0 Å². The molecule has 1 aromatic heterocycles. The molecule has 0 saturated heterocycles. The standard InChI is InChI=1S/C17H25N3O/c1-14(2)10-18-9-8-15-4-6-16(7-5-15)13-21-17-11-19-20(3)12-17/h4-7,11-12,14,18H,8-10,13H2,1-3H3. The minimum absolute atomic E-state index is 0.581. The number of nitrogens with zero attached hydrogens (tertiary/aromatic N) is 2. The van der Waals surface area contributed by atoms with Crippen LogP contribution in [0.3, 0.4) is 0 Å². The molecule has 1 N–H and O–H groups in total. The first-order chi connectivity index (χ1) is 10.1. The highest BCUT2D eigenvalue weighted by molar-refractivity contribution is 5.23. The Kier molecular flexibility index (Phi) is 5.81. The third-order valence-corrected chi connectivity index (χ3v) is 3.25. The molecule has 0 atom stereocenters. The second-order valence-electron chi connectivity index (χ2n) is 5.80. The molecule has 21 heavy (non-hydrogen) atoms. The van der Waals surface area contributed by atoms with Crippen molar-refractivity contribution in [1.82, 2.24) is 15.1 Å². The summed E-state index contributed by atoms with van der Waals surface area (Å²) in [6, 6.07) is 8.63. The third kappa shape index (κ3) is 5.60. The average Bonchev–Trinajstić information content (AvgIpc) is 2.88. The number of hydrogen-bond donors (Lipinski definition) is 1. The summed E-state index contributed by atoms with van der Waals surface area (Å²) in [5.74, 6) is 1.51. The van der Waals surface area contributed by atoms with Crippen molar-refractivity contribution in [1.29, 1.82) is 0 Å². The van der Waals surface area contributed by atoms with Crippen molar-refractivity contribution in [2.75, 3.05) is 13.1 Å². The van der Waals surface area contributed by atoms with E-state index in [2.05, 4.69) is 48.5 Å². The minimum Gasteiger partial charge on any atom is -0.486 e. The lowest BCUT2D eigenvalue weighted by atomic mass is 10.1. The fourth-order valence-electron chi connectivity index (χ4n) is 2.07. The summed E-state index contributed by atoms with van der Waals surface area (Å²) in [6.07, 6.45) is 4.67. The summed E-state index contributed by atoms with van der Waals surface area (Å²) in [6.45, 7) is 7.15. The van der Waals surface area contributed by atoms with Crippen LogP contribution in [0.2, 0.25) is 0 Å². The lowest BCUT2D eigenvalue weighted by Crippen LogP contribution is -2.22. The maximum Gasteiger partial charge on any atom is 0.157 e. The van der Waals surface area contributed by atoms with E-state index in [-0.39, 0.29) is 0 Å². The first kappa shape index (κ1) is 15.6. The van der Waals surface area contributed by atoms with Crippen molar-refractivity contribution in [3.05, 3.63) is 47.8 Å². The Morgan fingerprint density at radius 3 is 2.52 bits per heavy atom. The topological polar surface area (TPSA) is 39.1 Å². The average molecular weight is 287 g/mol. The van der Waals surface area contributed by atoms with Gasteiger partial charge in [-0.05, 0) is 36.6 Å².